The van der Waals surface area contributed by atoms with Crippen LogP contribution < -0.4 is 21.7 Å². The molecule has 1 aromatic heterocycles. The van der Waals surface area contributed by atoms with E-state index in [1.807, 2.05) is 145 Å². The summed E-state index contributed by atoms with van der Waals surface area (Å²) in [4.78, 5) is 77.3. The van der Waals surface area contributed by atoms with E-state index >= 15 is 0 Å². The van der Waals surface area contributed by atoms with Gasteiger partial charge in [-0.05, 0) is 59.4 Å². The summed E-state index contributed by atoms with van der Waals surface area (Å²) in [5, 5.41) is 9.09. The van der Waals surface area contributed by atoms with E-state index in [1.165, 1.54) is 14.0 Å². The molecule has 6 atom stereocenters. The summed E-state index contributed by atoms with van der Waals surface area (Å²) in [5.41, 5.74) is 9.09. The topological polar surface area (TPSA) is 185 Å². The van der Waals surface area contributed by atoms with Crippen molar-refractivity contribution in [1.29, 1.82) is 0 Å². The second kappa shape index (κ2) is 21.9. The van der Waals surface area contributed by atoms with Gasteiger partial charge in [-0.2, -0.15) is 0 Å². The fourth-order valence-corrected chi connectivity index (χ4v) is 7.99. The summed E-state index contributed by atoms with van der Waals surface area (Å²) in [6.07, 6.45) is 0.483. The molecular formula is C50H65N7O7. The number of nitrogens with two attached hydrogens (primary N) is 1. The highest BCUT2D eigenvalue weighted by molar-refractivity contribution is 5.89. The van der Waals surface area contributed by atoms with Crippen LogP contribution in [-0.2, 0) is 43.2 Å². The second-order valence-corrected chi connectivity index (χ2v) is 18.7. The molecule has 0 aliphatic carbocycles. The van der Waals surface area contributed by atoms with Crippen molar-refractivity contribution in [2.24, 2.45) is 16.6 Å². The summed E-state index contributed by atoms with van der Waals surface area (Å²) in [6, 6.07) is 28.0. The average molecular weight is 876 g/mol. The van der Waals surface area contributed by atoms with Crippen molar-refractivity contribution in [2.75, 3.05) is 20.2 Å². The smallest absolute Gasteiger partial charge is 0.407 e. The van der Waals surface area contributed by atoms with E-state index < -0.39 is 71.0 Å². The van der Waals surface area contributed by atoms with Crippen LogP contribution in [-0.4, -0.2) is 101 Å². The Morgan fingerprint density at radius 2 is 1.34 bits per heavy atom. The first-order chi connectivity index (χ1) is 30.3. The van der Waals surface area contributed by atoms with Crippen LogP contribution in [0.1, 0.15) is 71.6 Å². The number of rotatable bonds is 18. The number of ether oxygens (including phenoxy) is 2. The molecular weight excluding hydrogens is 811 g/mol. The molecule has 4 aromatic rings. The zero-order valence-corrected chi connectivity index (χ0v) is 38.4. The quantitative estimate of drug-likeness (QED) is 0.0837. The number of amides is 5. The van der Waals surface area contributed by atoms with Gasteiger partial charge in [-0.25, -0.2) is 9.59 Å². The molecule has 64 heavy (non-hydrogen) atoms. The number of nitrogens with zero attached hydrogens (tertiary/aromatic N) is 3. The van der Waals surface area contributed by atoms with Crippen LogP contribution in [0, 0.1) is 10.8 Å². The zero-order valence-electron chi connectivity index (χ0n) is 38.4. The molecule has 0 radical (unpaired) electrons. The summed E-state index contributed by atoms with van der Waals surface area (Å²) >= 11 is 0. The Bertz CT molecular complexity index is 2160. The maximum atomic E-state index is 14.9. The van der Waals surface area contributed by atoms with E-state index in [4.69, 9.17) is 15.2 Å². The van der Waals surface area contributed by atoms with Crippen LogP contribution in [0.2, 0.25) is 0 Å². The van der Waals surface area contributed by atoms with Crippen LogP contribution in [0.15, 0.2) is 109 Å². The summed E-state index contributed by atoms with van der Waals surface area (Å²) < 4.78 is 11.1. The monoisotopic (exact) mass is 875 g/mol. The number of hydrogen-bond donors (Lipinski definition) is 4. The van der Waals surface area contributed by atoms with E-state index in [0.717, 1.165) is 27.9 Å². The van der Waals surface area contributed by atoms with Gasteiger partial charge in [-0.1, -0.05) is 133 Å². The number of benzene rings is 3. The predicted molar refractivity (Wildman–Crippen MR) is 247 cm³/mol. The molecule has 1 fully saturated rings. The fourth-order valence-electron chi connectivity index (χ4n) is 7.99. The SMILES string of the molecule is COC(=O)N[C@H](C(=O)N[C@@H](Cc1ccc(-c2ccccn2)cc1)C[C@H](OC(=O)[C@H](C)N)[C@H](Cc1ccccc1)NC(=O)[C@@H](N1CCN(Cc2ccccc2)C1=O)C(C)(C)C)C(C)(C)C. The summed E-state index contributed by atoms with van der Waals surface area (Å²) in [7, 11) is 1.23. The minimum atomic E-state index is -1.04. The highest BCUT2D eigenvalue weighted by Gasteiger charge is 2.45. The number of pyridine rings is 1. The molecule has 1 saturated heterocycles. The molecule has 14 nitrogen and oxygen atoms in total. The van der Waals surface area contributed by atoms with Gasteiger partial charge in [0.2, 0.25) is 11.8 Å². The maximum absolute atomic E-state index is 14.9. The highest BCUT2D eigenvalue weighted by Crippen LogP contribution is 2.30. The minimum Gasteiger partial charge on any atom is -0.459 e. The number of carbonyl (C=O) groups is 5. The van der Waals surface area contributed by atoms with Gasteiger partial charge in [0.1, 0.15) is 24.2 Å². The van der Waals surface area contributed by atoms with Crippen molar-refractivity contribution in [3.8, 4) is 11.3 Å². The van der Waals surface area contributed by atoms with Crippen molar-refractivity contribution < 1.29 is 33.4 Å². The van der Waals surface area contributed by atoms with Gasteiger partial charge in [0.15, 0.2) is 0 Å². The number of esters is 1. The number of alkyl carbamates (subject to hydrolysis) is 1. The summed E-state index contributed by atoms with van der Waals surface area (Å²) in [5.74, 6) is -1.58. The maximum Gasteiger partial charge on any atom is 0.407 e. The standard InChI is InChI=1S/C50H65N7O7/c1-33(51)46(60)64-41(31-38(53-44(58)42(49(2,3)4)55-47(61)63-8)29-35-22-24-37(25-23-35)39-21-15-16-26-52-39)40(30-34-17-11-9-12-18-34)54-45(59)43(50(5,6)7)57-28-27-56(48(57)62)32-36-19-13-10-14-20-36/h9-26,33,38,40-43H,27-32,51H2,1-8H3,(H,53,58)(H,54,59)(H,55,61)/t33-,38-,40-,41-,42+,43+/m0/s1. The van der Waals surface area contributed by atoms with Crippen molar-refractivity contribution >= 4 is 29.9 Å². The van der Waals surface area contributed by atoms with Crippen molar-refractivity contribution in [3.63, 3.8) is 0 Å². The molecule has 5 rings (SSSR count). The molecule has 14 heteroatoms. The Hall–Kier alpha value is -6.28. The van der Waals surface area contributed by atoms with Gasteiger partial charge in [0.25, 0.3) is 0 Å². The highest BCUT2D eigenvalue weighted by atomic mass is 16.5. The van der Waals surface area contributed by atoms with Crippen LogP contribution >= 0.6 is 0 Å². The van der Waals surface area contributed by atoms with Gasteiger partial charge in [-0.3, -0.25) is 19.4 Å². The minimum absolute atomic E-state index is 0.0345. The number of hydrogen-bond acceptors (Lipinski definition) is 9. The van der Waals surface area contributed by atoms with Crippen molar-refractivity contribution in [3.05, 3.63) is 126 Å². The number of methoxy groups -OCH3 is 1. The van der Waals surface area contributed by atoms with Crippen molar-refractivity contribution in [2.45, 2.75) is 111 Å². The first-order valence-corrected chi connectivity index (χ1v) is 21.9. The second-order valence-electron chi connectivity index (χ2n) is 18.7. The van der Waals surface area contributed by atoms with Crippen LogP contribution in [0.25, 0.3) is 11.3 Å². The van der Waals surface area contributed by atoms with Crippen LogP contribution in [0.3, 0.4) is 0 Å². The zero-order chi connectivity index (χ0) is 46.6. The number of nitrogens with one attached hydrogen (secondary N) is 3. The third-order valence-electron chi connectivity index (χ3n) is 11.3. The lowest BCUT2D eigenvalue weighted by molar-refractivity contribution is -0.153. The molecule has 3 aromatic carbocycles. The Morgan fingerprint density at radius 1 is 0.734 bits per heavy atom. The normalized spacial score (nSPS) is 15.9. The fraction of sp³-hybridized carbons (Fsp3) is 0.440. The van der Waals surface area contributed by atoms with Crippen LogP contribution in [0.5, 0.6) is 0 Å². The Labute approximate surface area is 377 Å². The first-order valence-electron chi connectivity index (χ1n) is 21.9. The number of carbonyl (C=O) groups excluding carboxylic acids is 5. The van der Waals surface area contributed by atoms with Gasteiger partial charge < -0.3 is 41.0 Å². The number of urea groups is 1. The van der Waals surface area contributed by atoms with Gasteiger partial charge in [-0.15, -0.1) is 0 Å². The third kappa shape index (κ3) is 13.6. The Kier molecular flexibility index (Phi) is 16.7. The first kappa shape index (κ1) is 48.7. The molecule has 0 spiro atoms. The van der Waals surface area contributed by atoms with Gasteiger partial charge >= 0.3 is 18.1 Å². The lowest BCUT2D eigenvalue weighted by Gasteiger charge is -2.39. The molecule has 1 aliphatic rings. The van der Waals surface area contributed by atoms with E-state index in [1.54, 1.807) is 16.0 Å². The molecule has 0 bridgehead atoms. The lowest BCUT2D eigenvalue weighted by atomic mass is 9.84. The molecule has 0 saturated carbocycles. The van der Waals surface area contributed by atoms with E-state index in [2.05, 4.69) is 20.9 Å². The van der Waals surface area contributed by atoms with E-state index in [9.17, 15) is 24.0 Å². The third-order valence-corrected chi connectivity index (χ3v) is 11.3. The molecule has 1 aliphatic heterocycles. The van der Waals surface area contributed by atoms with E-state index in [0.29, 0.717) is 19.6 Å². The lowest BCUT2D eigenvalue weighted by Crippen LogP contribution is -2.60. The summed E-state index contributed by atoms with van der Waals surface area (Å²) in [6.45, 7) is 14.0. The Morgan fingerprint density at radius 3 is 1.91 bits per heavy atom. The molecule has 5 amide bonds. The number of aromatic nitrogens is 1. The predicted octanol–water partition coefficient (Wildman–Crippen LogP) is 6.28. The van der Waals surface area contributed by atoms with Crippen LogP contribution in [0.4, 0.5) is 9.59 Å². The molecule has 0 unspecified atom stereocenters. The average Bonchev–Trinajstić information content (AvgIpc) is 3.60. The molecule has 5 N–H and O–H groups in total. The van der Waals surface area contributed by atoms with Gasteiger partial charge in [0.05, 0.1) is 18.8 Å². The molecule has 342 valence electrons. The van der Waals surface area contributed by atoms with E-state index in [-0.39, 0.29) is 25.3 Å². The molecule has 2 heterocycles. The van der Waals surface area contributed by atoms with Gasteiger partial charge in [0, 0.05) is 43.9 Å². The van der Waals surface area contributed by atoms with Crippen molar-refractivity contribution in [1.82, 2.24) is 30.7 Å². The Balaban J connectivity index is 1.52. The largest absolute Gasteiger partial charge is 0.459 e.